The summed E-state index contributed by atoms with van der Waals surface area (Å²) in [5.74, 6) is -2.00. The number of ether oxygens (including phenoxy) is 4. The molecule has 490 valence electrons. The van der Waals surface area contributed by atoms with E-state index in [-0.39, 0.29) is 32.2 Å². The Morgan fingerprint density at radius 3 is 1.00 bits per heavy atom. The number of nitrogens with zero attached hydrogens (tertiary/aromatic N) is 1. The van der Waals surface area contributed by atoms with Gasteiger partial charge in [-0.15, -0.1) is 0 Å². The van der Waals surface area contributed by atoms with Crippen molar-refractivity contribution in [1.82, 2.24) is 0 Å². The molecule has 85 heavy (non-hydrogen) atoms. The van der Waals surface area contributed by atoms with Crippen LogP contribution in [0.3, 0.4) is 0 Å². The van der Waals surface area contributed by atoms with E-state index >= 15 is 0 Å². The Kier molecular flexibility index (Phi) is 63.2. The maximum absolute atomic E-state index is 12.9. The molecule has 0 aliphatic heterocycles. The first kappa shape index (κ1) is 81.2. The van der Waals surface area contributed by atoms with Gasteiger partial charge in [-0.25, -0.2) is 4.79 Å². The number of likely N-dealkylation sites (N-methyl/N-ethyl adjacent to an activating group) is 1. The topological polar surface area (TPSA) is 108 Å². The number of rotatable bonds is 65. The van der Waals surface area contributed by atoms with Crippen LogP contribution in [0, 0.1) is 0 Å². The van der Waals surface area contributed by atoms with Crippen molar-refractivity contribution < 1.29 is 42.9 Å². The Labute approximate surface area is 524 Å². The quantitative estimate of drug-likeness (QED) is 0.0211. The van der Waals surface area contributed by atoms with Crippen molar-refractivity contribution in [2.75, 3.05) is 47.5 Å². The summed E-state index contributed by atoms with van der Waals surface area (Å²) in [7, 11) is 5.98. The van der Waals surface area contributed by atoms with E-state index in [9.17, 15) is 19.5 Å². The van der Waals surface area contributed by atoms with Crippen molar-refractivity contribution in [3.63, 3.8) is 0 Å². The Bertz CT molecular complexity index is 1720. The fourth-order valence-corrected chi connectivity index (χ4v) is 9.93. The zero-order valence-electron chi connectivity index (χ0n) is 56.0. The monoisotopic (exact) mass is 1190 g/mol. The van der Waals surface area contributed by atoms with Gasteiger partial charge >= 0.3 is 17.9 Å². The van der Waals surface area contributed by atoms with E-state index in [2.05, 4.69) is 111 Å². The van der Waals surface area contributed by atoms with E-state index in [0.717, 1.165) is 83.5 Å². The van der Waals surface area contributed by atoms with E-state index in [0.29, 0.717) is 17.4 Å². The van der Waals surface area contributed by atoms with Crippen molar-refractivity contribution in [2.24, 2.45) is 0 Å². The van der Waals surface area contributed by atoms with E-state index < -0.39 is 24.3 Å². The Hall–Kier alpha value is -3.79. The summed E-state index contributed by atoms with van der Waals surface area (Å²) in [6.07, 6.45) is 88.2. The predicted molar refractivity (Wildman–Crippen MR) is 364 cm³/mol. The highest BCUT2D eigenvalue weighted by Crippen LogP contribution is 2.18. The lowest BCUT2D eigenvalue weighted by Crippen LogP contribution is -2.40. The van der Waals surface area contributed by atoms with Gasteiger partial charge in [0.1, 0.15) is 13.2 Å². The summed E-state index contributed by atoms with van der Waals surface area (Å²) in [4.78, 5) is 37.6. The summed E-state index contributed by atoms with van der Waals surface area (Å²) in [6, 6.07) is 0. The summed E-state index contributed by atoms with van der Waals surface area (Å²) in [5, 5.41) is 9.74. The minimum atomic E-state index is -1.51. The van der Waals surface area contributed by atoms with Crippen LogP contribution >= 0.6 is 0 Å². The number of aliphatic carboxylic acids is 1. The van der Waals surface area contributed by atoms with E-state index in [1.54, 1.807) is 0 Å². The van der Waals surface area contributed by atoms with Crippen molar-refractivity contribution in [2.45, 2.75) is 322 Å². The minimum absolute atomic E-state index is 0.184. The van der Waals surface area contributed by atoms with Crippen LogP contribution in [0.2, 0.25) is 0 Å². The molecule has 0 spiro atoms. The first-order valence-corrected chi connectivity index (χ1v) is 35.4. The van der Waals surface area contributed by atoms with Crippen LogP contribution in [0.15, 0.2) is 97.2 Å². The summed E-state index contributed by atoms with van der Waals surface area (Å²) < 4.78 is 23.0. The Balaban J connectivity index is 3.99. The molecule has 0 heterocycles. The fourth-order valence-electron chi connectivity index (χ4n) is 9.93. The standard InChI is InChI=1S/C76H133NO8/c1-6-8-10-12-14-16-18-20-22-24-26-27-28-29-30-31-32-33-34-35-36-37-38-39-40-41-42-43-44-45-46-47-49-51-53-55-57-59-61-63-65-67-74(79)85-72(71-84-76(75(80)81)82-69-68-77(3,4)5)70-83-73(78)66-64-62-60-58-56-54-52-50-48-25-23-21-19-17-15-13-11-9-7-2/h8,10,14-17,20-23,26-27,29-30,32-33,72,76H,6-7,9,11-13,18-19,24-25,28,31,34-71H2,1-5H3/p+1/b10-8-,16-14-,17-15-,22-20-,23-21-,27-26-,30-29-,33-32-. The van der Waals surface area contributed by atoms with Gasteiger partial charge in [-0.2, -0.15) is 0 Å². The lowest BCUT2D eigenvalue weighted by molar-refractivity contribution is -0.870. The summed E-state index contributed by atoms with van der Waals surface area (Å²) in [6.45, 7) is 4.76. The van der Waals surface area contributed by atoms with Crippen LogP contribution < -0.4 is 0 Å². The van der Waals surface area contributed by atoms with Crippen LogP contribution in [-0.2, 0) is 33.3 Å². The largest absolute Gasteiger partial charge is 0.477 e. The molecule has 0 aromatic heterocycles. The molecule has 0 amide bonds. The molecule has 0 aromatic rings. The predicted octanol–water partition coefficient (Wildman–Crippen LogP) is 22.0. The van der Waals surface area contributed by atoms with Gasteiger partial charge in [0.25, 0.3) is 6.29 Å². The van der Waals surface area contributed by atoms with Crippen molar-refractivity contribution in [1.29, 1.82) is 0 Å². The smallest absolute Gasteiger partial charge is 0.361 e. The molecule has 2 atom stereocenters. The molecule has 0 aliphatic carbocycles. The lowest BCUT2D eigenvalue weighted by Gasteiger charge is -2.25. The molecule has 0 aliphatic rings. The molecule has 9 heteroatoms. The number of unbranched alkanes of at least 4 members (excludes halogenated alkanes) is 34. The van der Waals surface area contributed by atoms with Gasteiger partial charge < -0.3 is 28.5 Å². The number of allylic oxidation sites excluding steroid dienone is 16. The van der Waals surface area contributed by atoms with E-state index in [1.807, 2.05) is 21.1 Å². The average Bonchev–Trinajstić information content (AvgIpc) is 3.49. The number of quaternary nitrogens is 1. The van der Waals surface area contributed by atoms with Crippen LogP contribution in [0.25, 0.3) is 0 Å². The van der Waals surface area contributed by atoms with Gasteiger partial charge in [-0.05, 0) is 96.3 Å². The summed E-state index contributed by atoms with van der Waals surface area (Å²) >= 11 is 0. The third kappa shape index (κ3) is 67.6. The normalized spacial score (nSPS) is 13.3. The molecule has 0 aromatic carbocycles. The number of carboxylic acids is 1. The van der Waals surface area contributed by atoms with Gasteiger partial charge in [-0.3, -0.25) is 9.59 Å². The summed E-state index contributed by atoms with van der Waals surface area (Å²) in [5.41, 5.74) is 0. The number of carbonyl (C=O) groups excluding carboxylic acids is 2. The molecule has 0 fully saturated rings. The van der Waals surface area contributed by atoms with Crippen molar-refractivity contribution in [3.05, 3.63) is 97.2 Å². The number of hydrogen-bond acceptors (Lipinski definition) is 7. The molecule has 2 unspecified atom stereocenters. The van der Waals surface area contributed by atoms with E-state index in [1.165, 1.54) is 199 Å². The molecule has 0 saturated heterocycles. The first-order valence-electron chi connectivity index (χ1n) is 35.4. The average molecular weight is 1190 g/mol. The number of carbonyl (C=O) groups is 3. The molecule has 0 saturated carbocycles. The number of hydrogen-bond donors (Lipinski definition) is 1. The second-order valence-electron chi connectivity index (χ2n) is 24.8. The highest BCUT2D eigenvalue weighted by molar-refractivity contribution is 5.71. The SMILES string of the molecule is CC/C=C\C/C=C\C/C=C\C/C=C\C/C=C\C/C=C\CCCCCCCCCCCCCCCCCCCCCCCCC(=O)OC(COC(=O)CCCCCCCCCCC/C=C\C/C=C\CCCCC)COC(OCC[N+](C)(C)C)C(=O)O. The van der Waals surface area contributed by atoms with Crippen molar-refractivity contribution in [3.8, 4) is 0 Å². The van der Waals surface area contributed by atoms with Crippen LogP contribution in [0.1, 0.15) is 309 Å². The van der Waals surface area contributed by atoms with Crippen molar-refractivity contribution >= 4 is 17.9 Å². The molecule has 0 bridgehead atoms. The molecular weight excluding hydrogens is 1050 g/mol. The third-order valence-corrected chi connectivity index (χ3v) is 15.3. The number of carboxylic acid groups (broad SMARTS) is 1. The first-order chi connectivity index (χ1) is 41.6. The van der Waals surface area contributed by atoms with E-state index in [4.69, 9.17) is 18.9 Å². The highest BCUT2D eigenvalue weighted by Gasteiger charge is 2.25. The maximum Gasteiger partial charge on any atom is 0.361 e. The Morgan fingerprint density at radius 2 is 0.671 bits per heavy atom. The van der Waals surface area contributed by atoms with Gasteiger partial charge in [0.2, 0.25) is 0 Å². The third-order valence-electron chi connectivity index (χ3n) is 15.3. The molecule has 0 radical (unpaired) electrons. The van der Waals surface area contributed by atoms with Crippen LogP contribution in [-0.4, -0.2) is 87.4 Å². The zero-order chi connectivity index (χ0) is 61.9. The molecule has 1 N–H and O–H groups in total. The second-order valence-corrected chi connectivity index (χ2v) is 24.8. The number of esters is 2. The molecular formula is C76H134NO8+. The molecule has 9 nitrogen and oxygen atoms in total. The van der Waals surface area contributed by atoms with Gasteiger partial charge in [0, 0.05) is 12.8 Å². The minimum Gasteiger partial charge on any atom is -0.477 e. The van der Waals surface area contributed by atoms with Gasteiger partial charge in [0.05, 0.1) is 34.4 Å². The van der Waals surface area contributed by atoms with Gasteiger partial charge in [-0.1, -0.05) is 297 Å². The van der Waals surface area contributed by atoms with Crippen LogP contribution in [0.5, 0.6) is 0 Å². The maximum atomic E-state index is 12.9. The Morgan fingerprint density at radius 1 is 0.365 bits per heavy atom. The lowest BCUT2D eigenvalue weighted by atomic mass is 10.0. The van der Waals surface area contributed by atoms with Crippen LogP contribution in [0.4, 0.5) is 0 Å². The zero-order valence-corrected chi connectivity index (χ0v) is 56.0. The second kappa shape index (κ2) is 66.2. The highest BCUT2D eigenvalue weighted by atomic mass is 16.7. The fraction of sp³-hybridized carbons (Fsp3) is 0.750. The molecule has 0 rings (SSSR count). The van der Waals surface area contributed by atoms with Gasteiger partial charge in [0.15, 0.2) is 6.10 Å².